The maximum absolute atomic E-state index is 11.0. The number of hydrogen-bond donors (Lipinski definition) is 1. The molecule has 1 aromatic carbocycles. The normalized spacial score (nSPS) is 19.5. The van der Waals surface area contributed by atoms with Gasteiger partial charge in [0.1, 0.15) is 5.76 Å². The van der Waals surface area contributed by atoms with Crippen LogP contribution in [-0.4, -0.2) is 5.11 Å². The summed E-state index contributed by atoms with van der Waals surface area (Å²) >= 11 is 0. The van der Waals surface area contributed by atoms with Crippen molar-refractivity contribution in [1.82, 2.24) is 0 Å². The van der Waals surface area contributed by atoms with Crippen LogP contribution in [0.25, 0.3) is 0 Å². The maximum Gasteiger partial charge on any atom is 0.118 e. The fourth-order valence-electron chi connectivity index (χ4n) is 4.17. The van der Waals surface area contributed by atoms with Gasteiger partial charge in [-0.2, -0.15) is 0 Å². The summed E-state index contributed by atoms with van der Waals surface area (Å²) in [4.78, 5) is 0. The van der Waals surface area contributed by atoms with Gasteiger partial charge in [-0.3, -0.25) is 0 Å². The molecule has 26 heavy (non-hydrogen) atoms. The Labute approximate surface area is 161 Å². The molecule has 0 heterocycles. The second kappa shape index (κ2) is 8.03. The van der Waals surface area contributed by atoms with Gasteiger partial charge in [-0.1, -0.05) is 65.3 Å². The highest BCUT2D eigenvalue weighted by Gasteiger charge is 2.25. The van der Waals surface area contributed by atoms with Gasteiger partial charge in [-0.15, -0.1) is 0 Å². The number of hydrogen-bond acceptors (Lipinski definition) is 1. The lowest BCUT2D eigenvalue weighted by Gasteiger charge is -2.29. The van der Waals surface area contributed by atoms with Crippen LogP contribution in [-0.2, 0) is 11.8 Å². The Morgan fingerprint density at radius 2 is 1.85 bits per heavy atom. The third kappa shape index (κ3) is 4.24. The molecule has 0 bridgehead atoms. The Morgan fingerprint density at radius 3 is 2.42 bits per heavy atom. The molecule has 0 spiro atoms. The molecule has 2 unspecified atom stereocenters. The summed E-state index contributed by atoms with van der Waals surface area (Å²) in [5.41, 5.74) is 8.06. The molecule has 0 fully saturated rings. The molecule has 0 saturated carbocycles. The molecule has 2 atom stereocenters. The number of aliphatic hydroxyl groups excluding tert-OH is 1. The quantitative estimate of drug-likeness (QED) is 0.566. The van der Waals surface area contributed by atoms with Crippen molar-refractivity contribution in [2.24, 2.45) is 11.8 Å². The van der Waals surface area contributed by atoms with Gasteiger partial charge in [-0.25, -0.2) is 0 Å². The minimum Gasteiger partial charge on any atom is -0.508 e. The molecular weight excluding hydrogens is 316 g/mol. The lowest BCUT2D eigenvalue weighted by atomic mass is 9.76. The molecule has 0 radical (unpaired) electrons. The van der Waals surface area contributed by atoms with Gasteiger partial charge >= 0.3 is 0 Å². The zero-order chi connectivity index (χ0) is 19.6. The van der Waals surface area contributed by atoms with Gasteiger partial charge in [0.25, 0.3) is 0 Å². The topological polar surface area (TPSA) is 20.2 Å². The summed E-state index contributed by atoms with van der Waals surface area (Å²) < 4.78 is 0. The minimum absolute atomic E-state index is 0.179. The highest BCUT2D eigenvalue weighted by atomic mass is 16.3. The van der Waals surface area contributed by atoms with Crippen LogP contribution in [0.2, 0.25) is 0 Å². The molecule has 0 aromatic heterocycles. The molecule has 1 aliphatic rings. The van der Waals surface area contributed by atoms with E-state index in [1.54, 1.807) is 0 Å². The third-order valence-corrected chi connectivity index (χ3v) is 6.50. The van der Waals surface area contributed by atoms with E-state index >= 15 is 0 Å². The van der Waals surface area contributed by atoms with Crippen molar-refractivity contribution in [3.05, 3.63) is 57.4 Å². The van der Waals surface area contributed by atoms with Crippen LogP contribution >= 0.6 is 0 Å². The first-order valence-corrected chi connectivity index (χ1v) is 10.3. The van der Waals surface area contributed by atoms with Crippen LogP contribution in [0, 0.1) is 25.7 Å². The molecule has 2 rings (SSSR count). The van der Waals surface area contributed by atoms with Crippen molar-refractivity contribution in [2.45, 2.75) is 86.5 Å². The van der Waals surface area contributed by atoms with Crippen molar-refractivity contribution in [3.8, 4) is 0 Å². The fraction of sp³-hybridized carbons (Fsp3) is 0.600. The Morgan fingerprint density at radius 1 is 1.19 bits per heavy atom. The van der Waals surface area contributed by atoms with Gasteiger partial charge < -0.3 is 5.11 Å². The van der Waals surface area contributed by atoms with Crippen molar-refractivity contribution in [3.63, 3.8) is 0 Å². The summed E-state index contributed by atoms with van der Waals surface area (Å²) in [6.07, 6.45) is 6.31. The summed E-state index contributed by atoms with van der Waals surface area (Å²) in [5, 5.41) is 11.0. The summed E-state index contributed by atoms with van der Waals surface area (Å²) in [6, 6.07) is 4.65. The Kier molecular flexibility index (Phi) is 6.42. The van der Waals surface area contributed by atoms with Crippen molar-refractivity contribution < 1.29 is 5.11 Å². The van der Waals surface area contributed by atoms with Crippen LogP contribution in [0.3, 0.4) is 0 Å². The Balaban J connectivity index is 2.46. The highest BCUT2D eigenvalue weighted by molar-refractivity contribution is 5.46. The van der Waals surface area contributed by atoms with Crippen molar-refractivity contribution >= 4 is 0 Å². The summed E-state index contributed by atoms with van der Waals surface area (Å²) in [7, 11) is 0. The minimum atomic E-state index is 0.179. The molecule has 1 aliphatic carbocycles. The van der Waals surface area contributed by atoms with Crippen LogP contribution in [0.15, 0.2) is 35.1 Å². The second-order valence-electron chi connectivity index (χ2n) is 9.07. The molecule has 1 nitrogen and oxygen atoms in total. The van der Waals surface area contributed by atoms with E-state index in [1.807, 2.05) is 0 Å². The molecule has 1 N–H and O–H groups in total. The van der Waals surface area contributed by atoms with Crippen LogP contribution < -0.4 is 0 Å². The van der Waals surface area contributed by atoms with E-state index in [2.05, 4.69) is 73.6 Å². The standard InChI is InChI=1S/C25H38O/c1-9-18(5)22-13-16(3)12-21(24(22)26)15-20-11-17(4)14-23(19(20)6)25(7,8)10-2/h11-12,14,16,18,26H,9-10,13,15H2,1-8H3. The number of benzene rings is 1. The van der Waals surface area contributed by atoms with E-state index < -0.39 is 0 Å². The lowest BCUT2D eigenvalue weighted by molar-refractivity contribution is 0.383. The highest BCUT2D eigenvalue weighted by Crippen LogP contribution is 2.37. The molecule has 144 valence electrons. The number of aliphatic hydroxyl groups is 1. The summed E-state index contributed by atoms with van der Waals surface area (Å²) in [5.74, 6) is 1.52. The van der Waals surface area contributed by atoms with Crippen LogP contribution in [0.4, 0.5) is 0 Å². The van der Waals surface area contributed by atoms with Gasteiger partial charge in [0, 0.05) is 6.42 Å². The first-order valence-electron chi connectivity index (χ1n) is 10.3. The lowest BCUT2D eigenvalue weighted by Crippen LogP contribution is -2.19. The molecular formula is C25H38O. The van der Waals surface area contributed by atoms with Gasteiger partial charge in [0.05, 0.1) is 0 Å². The predicted octanol–water partition coefficient (Wildman–Crippen LogP) is 7.36. The monoisotopic (exact) mass is 354 g/mol. The van der Waals surface area contributed by atoms with E-state index in [0.717, 1.165) is 31.3 Å². The molecule has 0 amide bonds. The zero-order valence-electron chi connectivity index (χ0n) is 18.2. The molecule has 0 saturated heterocycles. The van der Waals surface area contributed by atoms with Gasteiger partial charge in [-0.05, 0) is 78.2 Å². The van der Waals surface area contributed by atoms with Crippen LogP contribution in [0.1, 0.15) is 83.1 Å². The second-order valence-corrected chi connectivity index (χ2v) is 9.07. The van der Waals surface area contributed by atoms with Crippen molar-refractivity contribution in [2.75, 3.05) is 0 Å². The van der Waals surface area contributed by atoms with E-state index in [9.17, 15) is 5.11 Å². The summed E-state index contributed by atoms with van der Waals surface area (Å²) in [6.45, 7) is 18.1. The Hall–Kier alpha value is -1.50. The zero-order valence-corrected chi connectivity index (χ0v) is 18.2. The third-order valence-electron chi connectivity index (χ3n) is 6.50. The van der Waals surface area contributed by atoms with Crippen molar-refractivity contribution in [1.29, 1.82) is 0 Å². The molecule has 1 heteroatoms. The van der Waals surface area contributed by atoms with E-state index in [1.165, 1.54) is 27.8 Å². The maximum atomic E-state index is 11.0. The molecule has 1 aromatic rings. The van der Waals surface area contributed by atoms with E-state index in [4.69, 9.17) is 0 Å². The number of rotatable bonds is 6. The fourth-order valence-corrected chi connectivity index (χ4v) is 4.17. The first kappa shape index (κ1) is 20.8. The average Bonchev–Trinajstić information content (AvgIpc) is 2.59. The van der Waals surface area contributed by atoms with Gasteiger partial charge in [0.2, 0.25) is 0 Å². The predicted molar refractivity (Wildman–Crippen MR) is 114 cm³/mol. The number of aryl methyl sites for hydroxylation is 1. The SMILES string of the molecule is CCC(C)C1=C(O)C(Cc2cc(C)cc(C(C)(C)CC)c2C)=CC(C)C1. The Bertz CT molecular complexity index is 718. The largest absolute Gasteiger partial charge is 0.508 e. The first-order chi connectivity index (χ1) is 12.1. The van der Waals surface area contributed by atoms with E-state index in [-0.39, 0.29) is 5.41 Å². The van der Waals surface area contributed by atoms with E-state index in [0.29, 0.717) is 17.6 Å². The van der Waals surface area contributed by atoms with Crippen LogP contribution in [0.5, 0.6) is 0 Å². The smallest absolute Gasteiger partial charge is 0.118 e. The number of allylic oxidation sites excluding steroid dienone is 3. The van der Waals surface area contributed by atoms with Gasteiger partial charge in [0.15, 0.2) is 0 Å². The molecule has 0 aliphatic heterocycles. The average molecular weight is 355 g/mol.